The molecule has 0 unspecified atom stereocenters. The number of fused-ring (bicyclic) bond motifs is 6. The van der Waals surface area contributed by atoms with E-state index in [0.717, 1.165) is 37.9 Å². The van der Waals surface area contributed by atoms with Gasteiger partial charge in [-0.1, -0.05) is 0 Å². The molecule has 0 radical (unpaired) electrons. The van der Waals surface area contributed by atoms with Crippen LogP contribution in [0.4, 0.5) is 0 Å². The number of hydrogen-bond acceptors (Lipinski definition) is 7. The smallest absolute Gasteiger partial charge is 0.495 e. The van der Waals surface area contributed by atoms with E-state index in [1.807, 2.05) is 18.2 Å². The maximum atomic E-state index is 6.01. The second-order valence-electron chi connectivity index (χ2n) is 5.98. The molecule has 4 heterocycles. The van der Waals surface area contributed by atoms with E-state index in [2.05, 4.69) is 9.89 Å². The van der Waals surface area contributed by atoms with Crippen LogP contribution in [-0.2, 0) is 18.0 Å². The quantitative estimate of drug-likeness (QED) is 0.318. The van der Waals surface area contributed by atoms with Crippen LogP contribution in [0.1, 0.15) is 12.2 Å². The SMILES string of the molecule is COC(C=NCCC[Si]12OCCN(CCO1)CCO2)=Cc1ccco1. The number of furan rings is 1. The fraction of sp³-hybridized carbons (Fsp3) is 0.588. The Morgan fingerprint density at radius 2 is 1.96 bits per heavy atom. The van der Waals surface area contributed by atoms with Gasteiger partial charge in [0.2, 0.25) is 0 Å². The predicted octanol–water partition coefficient (Wildman–Crippen LogP) is 2.05. The fourth-order valence-electron chi connectivity index (χ4n) is 2.87. The highest BCUT2D eigenvalue weighted by Gasteiger charge is 2.43. The van der Waals surface area contributed by atoms with E-state index < -0.39 is 8.80 Å². The van der Waals surface area contributed by atoms with Crippen LogP contribution in [0.15, 0.2) is 33.6 Å². The summed E-state index contributed by atoms with van der Waals surface area (Å²) in [5.41, 5.74) is 0. The molecule has 3 aliphatic rings. The Labute approximate surface area is 149 Å². The third-order valence-corrected chi connectivity index (χ3v) is 7.14. The summed E-state index contributed by atoms with van der Waals surface area (Å²) in [7, 11) is -0.907. The van der Waals surface area contributed by atoms with E-state index in [-0.39, 0.29) is 0 Å². The molecule has 25 heavy (non-hydrogen) atoms. The number of methoxy groups -OCH3 is 1. The van der Waals surface area contributed by atoms with Crippen LogP contribution in [-0.4, -0.2) is 73.0 Å². The largest absolute Gasteiger partial charge is 0.501 e. The van der Waals surface area contributed by atoms with Crippen molar-refractivity contribution in [1.29, 1.82) is 0 Å². The molecule has 0 spiro atoms. The Balaban J connectivity index is 1.48. The molecule has 138 valence electrons. The molecule has 1 aromatic heterocycles. The van der Waals surface area contributed by atoms with Gasteiger partial charge < -0.3 is 22.4 Å². The van der Waals surface area contributed by atoms with Gasteiger partial charge in [-0.25, -0.2) is 0 Å². The lowest BCUT2D eigenvalue weighted by Crippen LogP contribution is -2.55. The molecule has 0 aromatic carbocycles. The standard InChI is InChI=1S/C17H26N2O5Si/c1-20-17(14-16-4-2-9-21-16)15-18-5-3-13-25-22-10-6-19(7-11-23-25)8-12-24-25/h2,4,9,14-15H,3,5-8,10-13H2,1H3. The first-order chi connectivity index (χ1) is 12.3. The summed E-state index contributed by atoms with van der Waals surface area (Å²) >= 11 is 0. The van der Waals surface area contributed by atoms with Crippen LogP contribution >= 0.6 is 0 Å². The number of hydrogen-bond donors (Lipinski definition) is 0. The van der Waals surface area contributed by atoms with Crippen molar-refractivity contribution in [3.8, 4) is 0 Å². The van der Waals surface area contributed by atoms with Gasteiger partial charge in [-0.15, -0.1) is 0 Å². The Morgan fingerprint density at radius 1 is 1.24 bits per heavy atom. The zero-order valence-electron chi connectivity index (χ0n) is 14.7. The van der Waals surface area contributed by atoms with Gasteiger partial charge in [0.15, 0.2) is 0 Å². The zero-order chi connectivity index (χ0) is 17.4. The number of aliphatic imine (C=N–C) groups is 1. The van der Waals surface area contributed by atoms with Gasteiger partial charge in [0, 0.05) is 38.3 Å². The van der Waals surface area contributed by atoms with E-state index in [0.29, 0.717) is 32.1 Å². The van der Waals surface area contributed by atoms with Gasteiger partial charge in [0.05, 0.1) is 39.4 Å². The second-order valence-corrected chi connectivity index (χ2v) is 8.71. The predicted molar refractivity (Wildman–Crippen MR) is 96.5 cm³/mol. The van der Waals surface area contributed by atoms with Gasteiger partial charge in [-0.2, -0.15) is 0 Å². The Kier molecular flexibility index (Phi) is 6.82. The molecule has 0 amide bonds. The lowest BCUT2D eigenvalue weighted by Gasteiger charge is -2.38. The van der Waals surface area contributed by atoms with Crippen molar-refractivity contribution in [1.82, 2.24) is 4.90 Å². The molecule has 8 heteroatoms. The average Bonchev–Trinajstić information content (AvgIpc) is 3.06. The minimum Gasteiger partial charge on any atom is -0.495 e. The molecule has 0 N–H and O–H groups in total. The van der Waals surface area contributed by atoms with Crippen LogP contribution in [0, 0.1) is 0 Å². The van der Waals surface area contributed by atoms with Crippen molar-refractivity contribution in [2.45, 2.75) is 12.5 Å². The average molecular weight is 366 g/mol. The molecular weight excluding hydrogens is 340 g/mol. The van der Waals surface area contributed by atoms with E-state index >= 15 is 0 Å². The normalized spacial score (nSPS) is 27.9. The summed E-state index contributed by atoms with van der Waals surface area (Å²) in [6.07, 6.45) is 6.02. The summed E-state index contributed by atoms with van der Waals surface area (Å²) in [4.78, 5) is 6.76. The topological polar surface area (TPSA) is 65.7 Å². The summed E-state index contributed by atoms with van der Waals surface area (Å²) in [5, 5.41) is 0. The molecule has 3 aliphatic heterocycles. The summed E-state index contributed by atoms with van der Waals surface area (Å²) < 4.78 is 28.6. The Hall–Kier alpha value is -1.45. The molecular formula is C17H26N2O5Si. The van der Waals surface area contributed by atoms with Crippen molar-refractivity contribution < 1.29 is 22.4 Å². The van der Waals surface area contributed by atoms with Gasteiger partial charge in [-0.3, -0.25) is 9.89 Å². The van der Waals surface area contributed by atoms with Crippen molar-refractivity contribution in [3.63, 3.8) is 0 Å². The molecule has 4 rings (SSSR count). The van der Waals surface area contributed by atoms with E-state index in [9.17, 15) is 0 Å². The van der Waals surface area contributed by atoms with E-state index in [1.54, 1.807) is 19.6 Å². The monoisotopic (exact) mass is 366 g/mol. The minimum atomic E-state index is -2.53. The van der Waals surface area contributed by atoms with Crippen LogP contribution in [0.2, 0.25) is 6.04 Å². The lowest BCUT2D eigenvalue weighted by atomic mass is 10.4. The van der Waals surface area contributed by atoms with Crippen LogP contribution in [0.25, 0.3) is 6.08 Å². The van der Waals surface area contributed by atoms with Gasteiger partial charge in [0.1, 0.15) is 11.5 Å². The Morgan fingerprint density at radius 3 is 2.56 bits per heavy atom. The third kappa shape index (κ3) is 5.51. The van der Waals surface area contributed by atoms with Crippen LogP contribution < -0.4 is 0 Å². The van der Waals surface area contributed by atoms with Gasteiger partial charge in [-0.05, 0) is 18.6 Å². The van der Waals surface area contributed by atoms with Crippen LogP contribution in [0.5, 0.6) is 0 Å². The van der Waals surface area contributed by atoms with E-state index in [4.69, 9.17) is 22.4 Å². The zero-order valence-corrected chi connectivity index (χ0v) is 15.7. The summed E-state index contributed by atoms with van der Waals surface area (Å²) in [6, 6.07) is 4.51. The molecule has 7 nitrogen and oxygen atoms in total. The summed E-state index contributed by atoms with van der Waals surface area (Å²) in [5.74, 6) is 1.40. The van der Waals surface area contributed by atoms with Crippen LogP contribution in [0.3, 0.4) is 0 Å². The highest BCUT2D eigenvalue weighted by Crippen LogP contribution is 2.21. The minimum absolute atomic E-state index is 0.658. The maximum absolute atomic E-state index is 6.01. The molecule has 1 aromatic rings. The number of rotatable bonds is 7. The van der Waals surface area contributed by atoms with Gasteiger partial charge >= 0.3 is 8.80 Å². The van der Waals surface area contributed by atoms with Crippen molar-refractivity contribution in [3.05, 3.63) is 29.9 Å². The number of ether oxygens (including phenoxy) is 1. The molecule has 0 aliphatic carbocycles. The molecule has 2 bridgehead atoms. The molecule has 3 fully saturated rings. The summed E-state index contributed by atoms with van der Waals surface area (Å²) in [6.45, 7) is 5.65. The highest BCUT2D eigenvalue weighted by molar-refractivity contribution is 6.60. The van der Waals surface area contributed by atoms with E-state index in [1.165, 1.54) is 0 Å². The van der Waals surface area contributed by atoms with Gasteiger partial charge in [0.25, 0.3) is 0 Å². The third-order valence-electron chi connectivity index (χ3n) is 4.24. The first kappa shape index (κ1) is 18.3. The Bertz CT molecular complexity index is 549. The second kappa shape index (κ2) is 9.30. The van der Waals surface area contributed by atoms with Crippen molar-refractivity contribution in [2.75, 3.05) is 53.1 Å². The highest BCUT2D eigenvalue weighted by atomic mass is 28.4. The first-order valence-electron chi connectivity index (χ1n) is 8.73. The fourth-order valence-corrected chi connectivity index (χ4v) is 5.35. The lowest BCUT2D eigenvalue weighted by molar-refractivity contribution is -0.00841. The first-order valence-corrected chi connectivity index (χ1v) is 10.7. The van der Waals surface area contributed by atoms with Crippen molar-refractivity contribution >= 4 is 21.1 Å². The molecule has 0 saturated carbocycles. The molecule has 0 atom stereocenters. The molecule has 3 saturated heterocycles. The number of nitrogens with zero attached hydrogens (tertiary/aromatic N) is 2. The maximum Gasteiger partial charge on any atom is 0.501 e. The number of allylic oxidation sites excluding steroid dienone is 1. The van der Waals surface area contributed by atoms with Crippen molar-refractivity contribution in [2.24, 2.45) is 4.99 Å².